The van der Waals surface area contributed by atoms with Crippen molar-refractivity contribution in [2.75, 3.05) is 5.75 Å². The van der Waals surface area contributed by atoms with Crippen molar-refractivity contribution in [2.45, 2.75) is 25.0 Å². The van der Waals surface area contributed by atoms with Gasteiger partial charge in [0.1, 0.15) is 5.69 Å². The molecule has 8 heteroatoms. The van der Waals surface area contributed by atoms with Gasteiger partial charge in [0.2, 0.25) is 0 Å². The molecule has 2 aromatic heterocycles. The molecule has 0 aliphatic heterocycles. The zero-order valence-corrected chi connectivity index (χ0v) is 11.8. The number of aromatic nitrogens is 5. The minimum Gasteiger partial charge on any atom is -0.481 e. The van der Waals surface area contributed by atoms with Crippen LogP contribution in [0.25, 0.3) is 11.5 Å². The highest BCUT2D eigenvalue weighted by Crippen LogP contribution is 2.27. The van der Waals surface area contributed by atoms with Crippen LogP contribution >= 0.6 is 11.8 Å². The molecule has 2 rings (SSSR count). The summed E-state index contributed by atoms with van der Waals surface area (Å²) in [6.45, 7) is 4.02. The van der Waals surface area contributed by atoms with Crippen LogP contribution in [-0.2, 0) is 11.8 Å². The molecule has 102 valence electrons. The lowest BCUT2D eigenvalue weighted by Crippen LogP contribution is -2.08. The van der Waals surface area contributed by atoms with Crippen molar-refractivity contribution in [1.82, 2.24) is 24.5 Å². The van der Waals surface area contributed by atoms with Crippen molar-refractivity contribution in [2.24, 2.45) is 7.05 Å². The topological polar surface area (TPSA) is 85.8 Å². The highest BCUT2D eigenvalue weighted by Gasteiger charge is 2.19. The van der Waals surface area contributed by atoms with Gasteiger partial charge in [-0.25, -0.2) is 0 Å². The number of carbonyl (C=O) groups is 1. The van der Waals surface area contributed by atoms with E-state index >= 15 is 0 Å². The number of carboxylic acid groups (broad SMARTS) is 1. The number of hydrogen-bond donors (Lipinski definition) is 1. The number of carboxylic acids is 1. The Bertz CT molecular complexity index is 590. The third kappa shape index (κ3) is 2.78. The molecule has 7 nitrogen and oxygen atoms in total. The Morgan fingerprint density at radius 2 is 2.21 bits per heavy atom. The number of aliphatic carboxylic acids is 1. The molecule has 0 amide bonds. The van der Waals surface area contributed by atoms with Crippen LogP contribution in [0.4, 0.5) is 0 Å². The molecule has 0 atom stereocenters. The molecule has 0 bridgehead atoms. The lowest BCUT2D eigenvalue weighted by Gasteiger charge is -2.13. The molecule has 0 radical (unpaired) electrons. The third-order valence-corrected chi connectivity index (χ3v) is 3.48. The number of aryl methyl sites for hydroxylation is 1. The fourth-order valence-corrected chi connectivity index (χ4v) is 2.52. The van der Waals surface area contributed by atoms with Gasteiger partial charge in [-0.2, -0.15) is 5.10 Å². The Hall–Kier alpha value is -1.83. The number of hydrogen-bond acceptors (Lipinski definition) is 5. The third-order valence-electron chi connectivity index (χ3n) is 2.56. The molecular weight excluding hydrogens is 266 g/mol. The summed E-state index contributed by atoms with van der Waals surface area (Å²) in [5.74, 6) is -0.204. The predicted molar refractivity (Wildman–Crippen MR) is 71.0 cm³/mol. The van der Waals surface area contributed by atoms with Crippen LogP contribution in [0.1, 0.15) is 19.9 Å². The maximum atomic E-state index is 10.7. The van der Waals surface area contributed by atoms with Crippen molar-refractivity contribution in [3.05, 3.63) is 12.3 Å². The lowest BCUT2D eigenvalue weighted by atomic mass is 10.3. The normalized spacial score (nSPS) is 11.2. The summed E-state index contributed by atoms with van der Waals surface area (Å²) in [5, 5.41) is 21.7. The van der Waals surface area contributed by atoms with E-state index in [1.165, 1.54) is 11.8 Å². The van der Waals surface area contributed by atoms with Crippen LogP contribution in [0, 0.1) is 0 Å². The molecule has 2 heterocycles. The van der Waals surface area contributed by atoms with Gasteiger partial charge in [-0.05, 0) is 19.9 Å². The molecular formula is C11H15N5O2S. The molecule has 0 spiro atoms. The van der Waals surface area contributed by atoms with Gasteiger partial charge in [0.25, 0.3) is 0 Å². The molecule has 0 saturated heterocycles. The summed E-state index contributed by atoms with van der Waals surface area (Å²) in [6, 6.07) is 1.99. The van der Waals surface area contributed by atoms with E-state index in [0.717, 1.165) is 5.69 Å². The summed E-state index contributed by atoms with van der Waals surface area (Å²) in [7, 11) is 1.83. The van der Waals surface area contributed by atoms with Crippen LogP contribution in [0.5, 0.6) is 0 Å². The van der Waals surface area contributed by atoms with E-state index in [0.29, 0.717) is 11.0 Å². The summed E-state index contributed by atoms with van der Waals surface area (Å²) in [6.07, 6.45) is 1.69. The molecule has 0 aliphatic rings. The van der Waals surface area contributed by atoms with Crippen LogP contribution < -0.4 is 0 Å². The minimum atomic E-state index is -0.870. The van der Waals surface area contributed by atoms with Crippen LogP contribution in [0.15, 0.2) is 17.4 Å². The maximum absolute atomic E-state index is 10.7. The lowest BCUT2D eigenvalue weighted by molar-refractivity contribution is -0.133. The molecule has 1 N–H and O–H groups in total. The number of rotatable bonds is 5. The van der Waals surface area contributed by atoms with Gasteiger partial charge >= 0.3 is 5.97 Å². The highest BCUT2D eigenvalue weighted by atomic mass is 32.2. The van der Waals surface area contributed by atoms with Crippen molar-refractivity contribution in [3.8, 4) is 11.5 Å². The van der Waals surface area contributed by atoms with Crippen molar-refractivity contribution in [1.29, 1.82) is 0 Å². The average Bonchev–Trinajstić information content (AvgIpc) is 2.91. The minimum absolute atomic E-state index is 0.0315. The van der Waals surface area contributed by atoms with Gasteiger partial charge in [-0.3, -0.25) is 14.0 Å². The van der Waals surface area contributed by atoms with E-state index in [-0.39, 0.29) is 11.8 Å². The second-order valence-electron chi connectivity index (χ2n) is 4.29. The molecule has 0 unspecified atom stereocenters. The fourth-order valence-electron chi connectivity index (χ4n) is 1.74. The molecule has 0 aromatic carbocycles. The average molecular weight is 281 g/mol. The molecule has 0 fully saturated rings. The van der Waals surface area contributed by atoms with E-state index in [2.05, 4.69) is 15.3 Å². The van der Waals surface area contributed by atoms with E-state index < -0.39 is 5.97 Å². The quantitative estimate of drug-likeness (QED) is 0.834. The summed E-state index contributed by atoms with van der Waals surface area (Å²) >= 11 is 1.17. The number of nitrogens with zero attached hydrogens (tertiary/aromatic N) is 5. The summed E-state index contributed by atoms with van der Waals surface area (Å²) in [4.78, 5) is 10.7. The van der Waals surface area contributed by atoms with Crippen LogP contribution in [0.3, 0.4) is 0 Å². The van der Waals surface area contributed by atoms with Crippen LogP contribution in [0.2, 0.25) is 0 Å². The molecule has 19 heavy (non-hydrogen) atoms. The van der Waals surface area contributed by atoms with Crippen molar-refractivity contribution < 1.29 is 9.90 Å². The summed E-state index contributed by atoms with van der Waals surface area (Å²) in [5.41, 5.74) is 0.850. The Morgan fingerprint density at radius 1 is 1.47 bits per heavy atom. The van der Waals surface area contributed by atoms with Gasteiger partial charge in [0.15, 0.2) is 11.0 Å². The molecule has 2 aromatic rings. The molecule has 0 aliphatic carbocycles. The Balaban J connectivity index is 2.40. The van der Waals surface area contributed by atoms with Gasteiger partial charge < -0.3 is 5.11 Å². The monoisotopic (exact) mass is 281 g/mol. The van der Waals surface area contributed by atoms with E-state index in [1.54, 1.807) is 10.9 Å². The first-order valence-electron chi connectivity index (χ1n) is 5.78. The number of thioether (sulfide) groups is 1. The fraction of sp³-hybridized carbons (Fsp3) is 0.455. The molecule has 0 saturated carbocycles. The largest absolute Gasteiger partial charge is 0.481 e. The SMILES string of the molecule is CC(C)n1c(SCC(=O)O)nnc1-c1ccnn1C. The zero-order chi connectivity index (χ0) is 14.0. The van der Waals surface area contributed by atoms with Gasteiger partial charge in [0, 0.05) is 19.3 Å². The van der Waals surface area contributed by atoms with Crippen LogP contribution in [-0.4, -0.2) is 41.4 Å². The van der Waals surface area contributed by atoms with E-state index in [1.807, 2.05) is 31.5 Å². The maximum Gasteiger partial charge on any atom is 0.313 e. The van der Waals surface area contributed by atoms with Crippen molar-refractivity contribution in [3.63, 3.8) is 0 Å². The Morgan fingerprint density at radius 3 is 2.74 bits per heavy atom. The van der Waals surface area contributed by atoms with Gasteiger partial charge in [0.05, 0.1) is 5.75 Å². The highest BCUT2D eigenvalue weighted by molar-refractivity contribution is 7.99. The van der Waals surface area contributed by atoms with Crippen molar-refractivity contribution >= 4 is 17.7 Å². The van der Waals surface area contributed by atoms with E-state index in [9.17, 15) is 4.79 Å². The summed E-state index contributed by atoms with van der Waals surface area (Å²) < 4.78 is 3.64. The first-order chi connectivity index (χ1) is 9.00. The van der Waals surface area contributed by atoms with E-state index in [4.69, 9.17) is 5.11 Å². The zero-order valence-electron chi connectivity index (χ0n) is 10.9. The second kappa shape index (κ2) is 5.43. The Kier molecular flexibility index (Phi) is 3.89. The Labute approximate surface area is 114 Å². The standard InChI is InChI=1S/C11H15N5O2S/c1-7(2)16-10(8-4-5-12-15(8)3)13-14-11(16)19-6-9(17)18/h4-5,7H,6H2,1-3H3,(H,17,18). The predicted octanol–water partition coefficient (Wildman–Crippen LogP) is 1.44. The smallest absolute Gasteiger partial charge is 0.313 e. The van der Waals surface area contributed by atoms with Gasteiger partial charge in [-0.15, -0.1) is 10.2 Å². The second-order valence-corrected chi connectivity index (χ2v) is 5.23. The first kappa shape index (κ1) is 13.6. The first-order valence-corrected chi connectivity index (χ1v) is 6.77. The van der Waals surface area contributed by atoms with Gasteiger partial charge in [-0.1, -0.05) is 11.8 Å².